The van der Waals surface area contributed by atoms with E-state index in [1.807, 2.05) is 6.07 Å². The minimum absolute atomic E-state index is 0.338. The molecule has 26 heavy (non-hydrogen) atoms. The standard InChI is InChI=1S/C18H15Br2N3O3/c1-2-9-26-16-8-5-14(20)10-12(16)11-21-23-18(25)17(24)22-15-6-3-13(19)4-7-15/h2-8,10-11H,1,9H2,(H,22,24)(H,23,25)/b21-11+. The molecule has 0 fully saturated rings. The van der Waals surface area contributed by atoms with Crippen molar-refractivity contribution in [3.63, 3.8) is 0 Å². The van der Waals surface area contributed by atoms with Crippen LogP contribution in [0.1, 0.15) is 5.56 Å². The highest BCUT2D eigenvalue weighted by atomic mass is 79.9. The average molecular weight is 481 g/mol. The van der Waals surface area contributed by atoms with Crippen LogP contribution in [-0.2, 0) is 9.59 Å². The van der Waals surface area contributed by atoms with Gasteiger partial charge in [-0.15, -0.1) is 0 Å². The van der Waals surface area contributed by atoms with Gasteiger partial charge in [0.25, 0.3) is 0 Å². The first-order chi connectivity index (χ1) is 12.5. The van der Waals surface area contributed by atoms with Crippen molar-refractivity contribution >= 4 is 55.6 Å². The number of hydrogen-bond donors (Lipinski definition) is 2. The van der Waals surface area contributed by atoms with Crippen molar-refractivity contribution in [3.05, 3.63) is 69.6 Å². The number of halogens is 2. The van der Waals surface area contributed by atoms with E-state index in [9.17, 15) is 9.59 Å². The van der Waals surface area contributed by atoms with Crippen LogP contribution in [0.15, 0.2) is 69.2 Å². The summed E-state index contributed by atoms with van der Waals surface area (Å²) >= 11 is 6.65. The number of carbonyl (C=O) groups excluding carboxylic acids is 2. The maximum absolute atomic E-state index is 11.9. The van der Waals surface area contributed by atoms with Crippen molar-refractivity contribution in [1.29, 1.82) is 0 Å². The number of anilines is 1. The third-order valence-electron chi connectivity index (χ3n) is 3.01. The Balaban J connectivity index is 1.97. The SMILES string of the molecule is C=CCOc1ccc(Br)cc1/C=N/NC(=O)C(=O)Nc1ccc(Br)cc1. The van der Waals surface area contributed by atoms with Crippen molar-refractivity contribution in [2.75, 3.05) is 11.9 Å². The molecule has 6 nitrogen and oxygen atoms in total. The van der Waals surface area contributed by atoms with E-state index in [0.717, 1.165) is 8.95 Å². The highest BCUT2D eigenvalue weighted by Crippen LogP contribution is 2.21. The Hall–Kier alpha value is -2.45. The highest BCUT2D eigenvalue weighted by Gasteiger charge is 2.12. The number of ether oxygens (including phenoxy) is 1. The number of nitrogens with zero attached hydrogens (tertiary/aromatic N) is 1. The fourth-order valence-electron chi connectivity index (χ4n) is 1.83. The van der Waals surface area contributed by atoms with Crippen molar-refractivity contribution < 1.29 is 14.3 Å². The van der Waals surface area contributed by atoms with E-state index in [2.05, 4.69) is 54.3 Å². The van der Waals surface area contributed by atoms with Gasteiger partial charge in [0.2, 0.25) is 0 Å². The Morgan fingerprint density at radius 1 is 1.08 bits per heavy atom. The van der Waals surface area contributed by atoms with Gasteiger partial charge in [-0.1, -0.05) is 44.5 Å². The Bertz CT molecular complexity index is 836. The summed E-state index contributed by atoms with van der Waals surface area (Å²) in [5.74, 6) is -1.13. The largest absolute Gasteiger partial charge is 0.489 e. The lowest BCUT2D eigenvalue weighted by Gasteiger charge is -2.07. The lowest BCUT2D eigenvalue weighted by molar-refractivity contribution is -0.136. The lowest BCUT2D eigenvalue weighted by Crippen LogP contribution is -2.32. The number of hydrazone groups is 1. The summed E-state index contributed by atoms with van der Waals surface area (Å²) in [5.41, 5.74) is 3.32. The number of hydrogen-bond acceptors (Lipinski definition) is 4. The van der Waals surface area contributed by atoms with Crippen LogP contribution < -0.4 is 15.5 Å². The molecule has 0 radical (unpaired) electrons. The zero-order valence-corrected chi connectivity index (χ0v) is 16.7. The third-order valence-corrected chi connectivity index (χ3v) is 4.03. The first-order valence-electron chi connectivity index (χ1n) is 7.43. The molecule has 2 amide bonds. The van der Waals surface area contributed by atoms with Crippen molar-refractivity contribution in [2.24, 2.45) is 5.10 Å². The van der Waals surface area contributed by atoms with E-state index in [1.165, 1.54) is 6.21 Å². The molecule has 2 aromatic carbocycles. The van der Waals surface area contributed by atoms with Gasteiger partial charge < -0.3 is 10.1 Å². The molecule has 0 aromatic heterocycles. The predicted octanol–water partition coefficient (Wildman–Crippen LogP) is 3.87. The van der Waals surface area contributed by atoms with Crippen LogP contribution in [-0.4, -0.2) is 24.6 Å². The van der Waals surface area contributed by atoms with E-state index >= 15 is 0 Å². The smallest absolute Gasteiger partial charge is 0.329 e. The van der Waals surface area contributed by atoms with Crippen LogP contribution >= 0.6 is 31.9 Å². The summed E-state index contributed by atoms with van der Waals surface area (Å²) < 4.78 is 7.20. The van der Waals surface area contributed by atoms with Gasteiger partial charge in [0.1, 0.15) is 12.4 Å². The molecule has 0 aliphatic heterocycles. The maximum atomic E-state index is 11.9. The minimum atomic E-state index is -0.882. The monoisotopic (exact) mass is 479 g/mol. The molecule has 2 N–H and O–H groups in total. The summed E-state index contributed by atoms with van der Waals surface area (Å²) in [7, 11) is 0. The van der Waals surface area contributed by atoms with Crippen LogP contribution in [0.5, 0.6) is 5.75 Å². The molecule has 0 bridgehead atoms. The van der Waals surface area contributed by atoms with E-state index in [1.54, 1.807) is 42.5 Å². The molecule has 0 saturated heterocycles. The van der Waals surface area contributed by atoms with E-state index in [0.29, 0.717) is 23.6 Å². The van der Waals surface area contributed by atoms with Gasteiger partial charge in [0.05, 0.1) is 6.21 Å². The number of rotatable bonds is 6. The zero-order chi connectivity index (χ0) is 18.9. The number of carbonyl (C=O) groups is 2. The molecule has 2 rings (SSSR count). The summed E-state index contributed by atoms with van der Waals surface area (Å²) in [4.78, 5) is 23.7. The Morgan fingerprint density at radius 3 is 2.46 bits per heavy atom. The van der Waals surface area contributed by atoms with Gasteiger partial charge >= 0.3 is 11.8 Å². The topological polar surface area (TPSA) is 79.8 Å². The number of nitrogens with one attached hydrogen (secondary N) is 2. The van der Waals surface area contributed by atoms with Crippen molar-refractivity contribution in [2.45, 2.75) is 0 Å². The molecule has 2 aromatic rings. The molecule has 0 unspecified atom stereocenters. The van der Waals surface area contributed by atoms with Crippen LogP contribution in [0.3, 0.4) is 0 Å². The predicted molar refractivity (Wildman–Crippen MR) is 108 cm³/mol. The molecular formula is C18H15Br2N3O3. The molecule has 0 atom stereocenters. The normalized spacial score (nSPS) is 10.4. The minimum Gasteiger partial charge on any atom is -0.489 e. The number of benzene rings is 2. The fraction of sp³-hybridized carbons (Fsp3) is 0.0556. The molecule has 0 aliphatic carbocycles. The Kier molecular flexibility index (Phi) is 7.55. The van der Waals surface area contributed by atoms with Crippen LogP contribution in [0, 0.1) is 0 Å². The van der Waals surface area contributed by atoms with E-state index in [4.69, 9.17) is 4.74 Å². The zero-order valence-electron chi connectivity index (χ0n) is 13.5. The summed E-state index contributed by atoms with van der Waals surface area (Å²) in [6, 6.07) is 12.2. The van der Waals surface area contributed by atoms with Crippen LogP contribution in [0.2, 0.25) is 0 Å². The first kappa shape index (κ1) is 19.9. The quantitative estimate of drug-likeness (QED) is 0.285. The average Bonchev–Trinajstić information content (AvgIpc) is 2.62. The van der Waals surface area contributed by atoms with E-state index in [-0.39, 0.29) is 0 Å². The molecular weight excluding hydrogens is 466 g/mol. The third kappa shape index (κ3) is 6.12. The van der Waals surface area contributed by atoms with Crippen molar-refractivity contribution in [3.8, 4) is 5.75 Å². The molecule has 0 spiro atoms. The van der Waals surface area contributed by atoms with Gasteiger partial charge in [-0.3, -0.25) is 9.59 Å². The summed E-state index contributed by atoms with van der Waals surface area (Å²) in [5, 5.41) is 6.29. The fourth-order valence-corrected chi connectivity index (χ4v) is 2.48. The van der Waals surface area contributed by atoms with Gasteiger partial charge in [0.15, 0.2) is 0 Å². The van der Waals surface area contributed by atoms with Crippen LogP contribution in [0.4, 0.5) is 5.69 Å². The second-order valence-corrected chi connectivity index (χ2v) is 6.77. The number of amides is 2. The maximum Gasteiger partial charge on any atom is 0.329 e. The summed E-state index contributed by atoms with van der Waals surface area (Å²) in [6.45, 7) is 3.93. The van der Waals surface area contributed by atoms with Gasteiger partial charge in [-0.2, -0.15) is 5.10 Å². The molecule has 0 aliphatic rings. The van der Waals surface area contributed by atoms with E-state index < -0.39 is 11.8 Å². The second kappa shape index (κ2) is 9.88. The molecule has 134 valence electrons. The molecule has 8 heteroatoms. The Morgan fingerprint density at radius 2 is 1.77 bits per heavy atom. The highest BCUT2D eigenvalue weighted by molar-refractivity contribution is 9.10. The molecule has 0 heterocycles. The lowest BCUT2D eigenvalue weighted by atomic mass is 10.2. The second-order valence-electron chi connectivity index (χ2n) is 4.94. The summed E-state index contributed by atoms with van der Waals surface area (Å²) in [6.07, 6.45) is 3.02. The van der Waals surface area contributed by atoms with Gasteiger partial charge in [-0.05, 0) is 42.5 Å². The first-order valence-corrected chi connectivity index (χ1v) is 9.01. The van der Waals surface area contributed by atoms with Crippen LogP contribution in [0.25, 0.3) is 0 Å². The van der Waals surface area contributed by atoms with Gasteiger partial charge in [0, 0.05) is 20.2 Å². The van der Waals surface area contributed by atoms with Crippen molar-refractivity contribution in [1.82, 2.24) is 5.43 Å². The van der Waals surface area contributed by atoms with Gasteiger partial charge in [-0.25, -0.2) is 5.43 Å². The Labute approximate surface area is 167 Å². The molecule has 0 saturated carbocycles.